The first kappa shape index (κ1) is 19.8. The molecule has 0 N–H and O–H groups in total. The molecule has 2 aromatic rings. The van der Waals surface area contributed by atoms with E-state index in [2.05, 4.69) is 0 Å². The van der Waals surface area contributed by atoms with Crippen LogP contribution in [0.3, 0.4) is 0 Å². The fraction of sp³-hybridized carbons (Fsp3) is 0.278. The Bertz CT molecular complexity index is 761. The lowest BCUT2D eigenvalue weighted by Gasteiger charge is -2.14. The Morgan fingerprint density at radius 1 is 0.885 bits per heavy atom. The molecule has 26 heavy (non-hydrogen) atoms. The molecule has 0 aliphatic carbocycles. The van der Waals surface area contributed by atoms with Crippen LogP contribution in [0.15, 0.2) is 42.5 Å². The predicted molar refractivity (Wildman–Crippen MR) is 81.7 cm³/mol. The summed E-state index contributed by atoms with van der Waals surface area (Å²) in [6.45, 7) is 1.76. The van der Waals surface area contributed by atoms with E-state index in [1.165, 1.54) is 24.3 Å². The molecule has 8 heteroatoms. The van der Waals surface area contributed by atoms with Gasteiger partial charge in [-0.15, -0.1) is 0 Å². The molecule has 0 aromatic heterocycles. The highest BCUT2D eigenvalue weighted by atomic mass is 19.4. The summed E-state index contributed by atoms with van der Waals surface area (Å²) in [7, 11) is 0. The first-order valence-electron chi connectivity index (χ1n) is 7.55. The molecule has 0 saturated heterocycles. The average molecular weight is 376 g/mol. The van der Waals surface area contributed by atoms with Gasteiger partial charge in [0.2, 0.25) is 0 Å². The van der Waals surface area contributed by atoms with Crippen molar-refractivity contribution in [2.24, 2.45) is 0 Å². The van der Waals surface area contributed by atoms with E-state index < -0.39 is 29.4 Å². The summed E-state index contributed by atoms with van der Waals surface area (Å²) in [6, 6.07) is 7.26. The molecule has 0 unspecified atom stereocenters. The Kier molecular flexibility index (Phi) is 5.63. The normalized spacial score (nSPS) is 12.1. The van der Waals surface area contributed by atoms with Crippen LogP contribution in [0.25, 0.3) is 0 Å². The highest BCUT2D eigenvalue weighted by Gasteiger charge is 2.36. The Labute approximate surface area is 145 Å². The number of esters is 1. The molecule has 0 heterocycles. The number of ether oxygens (including phenoxy) is 1. The van der Waals surface area contributed by atoms with Gasteiger partial charge in [-0.1, -0.05) is 12.1 Å². The van der Waals surface area contributed by atoms with Gasteiger partial charge in [0.05, 0.1) is 23.3 Å². The molecular weight excluding hydrogens is 362 g/mol. The van der Waals surface area contributed by atoms with Gasteiger partial charge in [-0.25, -0.2) is 4.79 Å². The van der Waals surface area contributed by atoms with Crippen molar-refractivity contribution in [1.82, 2.24) is 0 Å². The molecule has 0 atom stereocenters. The molecule has 2 nitrogen and oxygen atoms in total. The van der Waals surface area contributed by atoms with Crippen molar-refractivity contribution >= 4 is 5.97 Å². The number of rotatable bonds is 4. The third-order valence-electron chi connectivity index (χ3n) is 3.49. The van der Waals surface area contributed by atoms with E-state index in [0.717, 1.165) is 0 Å². The van der Waals surface area contributed by atoms with Crippen LogP contribution in [0.4, 0.5) is 26.3 Å². The van der Waals surface area contributed by atoms with Crippen molar-refractivity contribution in [3.8, 4) is 0 Å². The average Bonchev–Trinajstić information content (AvgIpc) is 2.53. The third kappa shape index (κ3) is 5.00. The number of benzene rings is 2. The van der Waals surface area contributed by atoms with E-state index in [4.69, 9.17) is 4.74 Å². The maximum absolute atomic E-state index is 12.9. The van der Waals surface area contributed by atoms with E-state index in [9.17, 15) is 31.1 Å². The minimum atomic E-state index is -4.90. The molecule has 0 radical (unpaired) electrons. The first-order chi connectivity index (χ1) is 12.0. The Morgan fingerprint density at radius 2 is 1.46 bits per heavy atom. The second kappa shape index (κ2) is 7.39. The molecule has 0 saturated carbocycles. The van der Waals surface area contributed by atoms with Gasteiger partial charge in [0.1, 0.15) is 0 Å². The second-order valence-electron chi connectivity index (χ2n) is 5.51. The van der Waals surface area contributed by atoms with Crippen molar-refractivity contribution in [3.05, 3.63) is 70.3 Å². The Hall–Kier alpha value is -2.51. The van der Waals surface area contributed by atoms with Gasteiger partial charge >= 0.3 is 18.3 Å². The Morgan fingerprint density at radius 3 is 1.96 bits per heavy atom. The van der Waals surface area contributed by atoms with E-state index >= 15 is 0 Å². The molecule has 0 amide bonds. The Balaban J connectivity index is 2.40. The number of carbonyl (C=O) groups is 1. The van der Waals surface area contributed by atoms with Gasteiger partial charge < -0.3 is 4.74 Å². The lowest BCUT2D eigenvalue weighted by atomic mass is 9.98. The van der Waals surface area contributed by atoms with E-state index in [-0.39, 0.29) is 30.2 Å². The van der Waals surface area contributed by atoms with Crippen LogP contribution in [-0.4, -0.2) is 12.6 Å². The van der Waals surface area contributed by atoms with E-state index in [0.29, 0.717) is 17.7 Å². The number of halogens is 6. The molecule has 2 rings (SSSR count). The summed E-state index contributed by atoms with van der Waals surface area (Å²) in [4.78, 5) is 11.7. The smallest absolute Gasteiger partial charge is 0.416 e. The zero-order chi connectivity index (χ0) is 19.5. The second-order valence-corrected chi connectivity index (χ2v) is 5.51. The maximum atomic E-state index is 12.9. The van der Waals surface area contributed by atoms with Crippen molar-refractivity contribution < 1.29 is 35.9 Å². The van der Waals surface area contributed by atoms with E-state index in [1.54, 1.807) is 6.92 Å². The van der Waals surface area contributed by atoms with Crippen molar-refractivity contribution in [3.63, 3.8) is 0 Å². The molecule has 0 aliphatic heterocycles. The standard InChI is InChI=1S/C18H14F6O2/c1-2-26-16(25)13-5-3-4-11(7-13)6-12-8-14(17(19,20)21)10-15(9-12)18(22,23)24/h3-5,7-10H,2,6H2,1H3. The molecule has 2 aromatic carbocycles. The summed E-state index contributed by atoms with van der Waals surface area (Å²) in [5, 5.41) is 0. The van der Waals surface area contributed by atoms with E-state index in [1.807, 2.05) is 0 Å². The SMILES string of the molecule is CCOC(=O)c1cccc(Cc2cc(C(F)(F)F)cc(C(F)(F)F)c2)c1. The van der Waals surface area contributed by atoms with Gasteiger partial charge in [-0.05, 0) is 54.8 Å². The predicted octanol–water partition coefficient (Wildman–Crippen LogP) is 5.49. The molecule has 0 spiro atoms. The van der Waals surface area contributed by atoms with Gasteiger partial charge in [0, 0.05) is 0 Å². The molecule has 0 bridgehead atoms. The van der Waals surface area contributed by atoms with Crippen LogP contribution in [0.1, 0.15) is 39.5 Å². The zero-order valence-corrected chi connectivity index (χ0v) is 13.5. The quantitative estimate of drug-likeness (QED) is 0.521. The molecule has 0 aliphatic rings. The fourth-order valence-corrected chi connectivity index (χ4v) is 2.38. The lowest BCUT2D eigenvalue weighted by Crippen LogP contribution is -2.12. The van der Waals surface area contributed by atoms with Crippen molar-refractivity contribution in [1.29, 1.82) is 0 Å². The zero-order valence-electron chi connectivity index (χ0n) is 13.5. The van der Waals surface area contributed by atoms with Crippen LogP contribution in [-0.2, 0) is 23.5 Å². The van der Waals surface area contributed by atoms with Crippen LogP contribution in [0.5, 0.6) is 0 Å². The summed E-state index contributed by atoms with van der Waals surface area (Å²) in [5.41, 5.74) is -2.34. The van der Waals surface area contributed by atoms with Crippen LogP contribution in [0.2, 0.25) is 0 Å². The van der Waals surface area contributed by atoms with Crippen LogP contribution < -0.4 is 0 Å². The summed E-state index contributed by atoms with van der Waals surface area (Å²) in [6.07, 6.45) is -9.99. The largest absolute Gasteiger partial charge is 0.462 e. The highest BCUT2D eigenvalue weighted by Crippen LogP contribution is 2.36. The molecule has 0 fully saturated rings. The number of hydrogen-bond acceptors (Lipinski definition) is 2. The fourth-order valence-electron chi connectivity index (χ4n) is 2.38. The topological polar surface area (TPSA) is 26.3 Å². The number of carbonyl (C=O) groups excluding carboxylic acids is 1. The maximum Gasteiger partial charge on any atom is 0.416 e. The summed E-state index contributed by atoms with van der Waals surface area (Å²) >= 11 is 0. The van der Waals surface area contributed by atoms with Gasteiger partial charge in [0.25, 0.3) is 0 Å². The lowest BCUT2D eigenvalue weighted by molar-refractivity contribution is -0.143. The van der Waals surface area contributed by atoms with Crippen molar-refractivity contribution in [2.45, 2.75) is 25.7 Å². The minimum absolute atomic E-state index is 0.0819. The first-order valence-corrected chi connectivity index (χ1v) is 7.55. The van der Waals surface area contributed by atoms with Gasteiger partial charge in [-0.2, -0.15) is 26.3 Å². The summed E-state index contributed by atoms with van der Waals surface area (Å²) < 4.78 is 82.2. The third-order valence-corrected chi connectivity index (χ3v) is 3.49. The van der Waals surface area contributed by atoms with Gasteiger partial charge in [0.15, 0.2) is 0 Å². The van der Waals surface area contributed by atoms with Crippen molar-refractivity contribution in [2.75, 3.05) is 6.61 Å². The van der Waals surface area contributed by atoms with Crippen LogP contribution in [0, 0.1) is 0 Å². The monoisotopic (exact) mass is 376 g/mol. The number of hydrogen-bond donors (Lipinski definition) is 0. The number of alkyl halides is 6. The molecular formula is C18H14F6O2. The summed E-state index contributed by atoms with van der Waals surface area (Å²) in [5.74, 6) is -0.616. The molecule has 140 valence electrons. The minimum Gasteiger partial charge on any atom is -0.462 e. The van der Waals surface area contributed by atoms with Gasteiger partial charge in [-0.3, -0.25) is 0 Å². The highest BCUT2D eigenvalue weighted by molar-refractivity contribution is 5.89. The van der Waals surface area contributed by atoms with Crippen LogP contribution >= 0.6 is 0 Å².